The molecule has 0 saturated heterocycles. The Kier molecular flexibility index (Phi) is 3.69. The SMILES string of the molecule is CCc1cccc(O)c1C(=O)C(C)Br. The molecule has 3 heteroatoms. The molecule has 2 nitrogen and oxygen atoms in total. The van der Waals surface area contributed by atoms with Gasteiger partial charge in [-0.2, -0.15) is 0 Å². The predicted octanol–water partition coefficient (Wildman–Crippen LogP) is 2.92. The normalized spacial score (nSPS) is 12.5. The lowest BCUT2D eigenvalue weighted by molar-refractivity contribution is 0.0992. The summed E-state index contributed by atoms with van der Waals surface area (Å²) < 4.78 is 0. The maximum atomic E-state index is 11.7. The molecule has 0 fully saturated rings. The summed E-state index contributed by atoms with van der Waals surface area (Å²) in [5.41, 5.74) is 1.33. The second kappa shape index (κ2) is 4.60. The summed E-state index contributed by atoms with van der Waals surface area (Å²) in [4.78, 5) is 11.5. The first-order chi connectivity index (χ1) is 6.57. The van der Waals surface area contributed by atoms with Crippen molar-refractivity contribution in [1.29, 1.82) is 0 Å². The van der Waals surface area contributed by atoms with Crippen molar-refractivity contribution in [2.75, 3.05) is 0 Å². The van der Waals surface area contributed by atoms with Crippen molar-refractivity contribution in [2.24, 2.45) is 0 Å². The van der Waals surface area contributed by atoms with Crippen LogP contribution in [-0.4, -0.2) is 15.7 Å². The van der Waals surface area contributed by atoms with Crippen molar-refractivity contribution >= 4 is 21.7 Å². The molecule has 1 rings (SSSR count). The van der Waals surface area contributed by atoms with Crippen LogP contribution in [0, 0.1) is 0 Å². The van der Waals surface area contributed by atoms with E-state index >= 15 is 0 Å². The van der Waals surface area contributed by atoms with Crippen LogP contribution in [0.1, 0.15) is 29.8 Å². The largest absolute Gasteiger partial charge is 0.507 e. The zero-order valence-corrected chi connectivity index (χ0v) is 9.84. The summed E-state index contributed by atoms with van der Waals surface area (Å²) in [6, 6.07) is 5.16. The van der Waals surface area contributed by atoms with Gasteiger partial charge in [0.2, 0.25) is 0 Å². The maximum Gasteiger partial charge on any atom is 0.180 e. The molecule has 0 aromatic heterocycles. The lowest BCUT2D eigenvalue weighted by Gasteiger charge is -2.10. The molecule has 0 radical (unpaired) electrons. The molecule has 14 heavy (non-hydrogen) atoms. The van der Waals surface area contributed by atoms with Crippen LogP contribution in [-0.2, 0) is 6.42 Å². The van der Waals surface area contributed by atoms with Crippen molar-refractivity contribution < 1.29 is 9.90 Å². The number of rotatable bonds is 3. The van der Waals surface area contributed by atoms with Crippen molar-refractivity contribution in [2.45, 2.75) is 25.1 Å². The fraction of sp³-hybridized carbons (Fsp3) is 0.364. The molecule has 1 unspecified atom stereocenters. The molecule has 0 spiro atoms. The van der Waals surface area contributed by atoms with E-state index in [1.54, 1.807) is 19.1 Å². The van der Waals surface area contributed by atoms with Crippen LogP contribution in [0.25, 0.3) is 0 Å². The number of hydrogen-bond donors (Lipinski definition) is 1. The van der Waals surface area contributed by atoms with Crippen LogP contribution >= 0.6 is 15.9 Å². The quantitative estimate of drug-likeness (QED) is 0.667. The van der Waals surface area contributed by atoms with Crippen LogP contribution in [0.4, 0.5) is 0 Å². The Hall–Kier alpha value is -0.830. The number of halogens is 1. The first-order valence-electron chi connectivity index (χ1n) is 4.57. The zero-order valence-electron chi connectivity index (χ0n) is 8.25. The minimum absolute atomic E-state index is 0.0695. The third-order valence-electron chi connectivity index (χ3n) is 2.12. The van der Waals surface area contributed by atoms with Gasteiger partial charge in [-0.3, -0.25) is 4.79 Å². The standard InChI is InChI=1S/C11H13BrO2/c1-3-8-5-4-6-9(13)10(8)11(14)7(2)12/h4-7,13H,3H2,1-2H3. The molecule has 0 aliphatic heterocycles. The van der Waals surface area contributed by atoms with Gasteiger partial charge in [0.1, 0.15) is 5.75 Å². The number of phenolic OH excluding ortho intramolecular Hbond substituents is 1. The number of phenols is 1. The Morgan fingerprint density at radius 3 is 2.71 bits per heavy atom. The molecule has 0 heterocycles. The lowest BCUT2D eigenvalue weighted by atomic mass is 9.99. The van der Waals surface area contributed by atoms with Crippen LogP contribution in [0.3, 0.4) is 0 Å². The Morgan fingerprint density at radius 2 is 2.21 bits per heavy atom. The minimum atomic E-state index is -0.263. The van der Waals surface area contributed by atoms with Crippen molar-refractivity contribution in [3.8, 4) is 5.75 Å². The van der Waals surface area contributed by atoms with E-state index in [1.165, 1.54) is 0 Å². The second-order valence-electron chi connectivity index (χ2n) is 3.15. The predicted molar refractivity (Wildman–Crippen MR) is 60.2 cm³/mol. The number of carbonyl (C=O) groups is 1. The van der Waals surface area contributed by atoms with Gasteiger partial charge in [-0.05, 0) is 25.0 Å². The molecule has 0 bridgehead atoms. The van der Waals surface area contributed by atoms with Gasteiger partial charge in [-0.15, -0.1) is 0 Å². The summed E-state index contributed by atoms with van der Waals surface area (Å²) in [6.45, 7) is 3.72. The van der Waals surface area contributed by atoms with Gasteiger partial charge in [0.15, 0.2) is 5.78 Å². The van der Waals surface area contributed by atoms with Gasteiger partial charge in [-0.1, -0.05) is 35.0 Å². The zero-order chi connectivity index (χ0) is 10.7. The first kappa shape index (κ1) is 11.2. The Labute approximate surface area is 92.1 Å². The molecular weight excluding hydrogens is 244 g/mol. The summed E-state index contributed by atoms with van der Waals surface area (Å²) in [5.74, 6) is 0.000556. The van der Waals surface area contributed by atoms with Gasteiger partial charge >= 0.3 is 0 Å². The van der Waals surface area contributed by atoms with Gasteiger partial charge < -0.3 is 5.11 Å². The molecule has 0 aliphatic carbocycles. The molecule has 0 saturated carbocycles. The smallest absolute Gasteiger partial charge is 0.180 e. The fourth-order valence-corrected chi connectivity index (χ4v) is 1.59. The second-order valence-corrected chi connectivity index (χ2v) is 4.52. The highest BCUT2D eigenvalue weighted by Crippen LogP contribution is 2.24. The van der Waals surface area contributed by atoms with Gasteiger partial charge in [0.05, 0.1) is 10.4 Å². The number of Topliss-reactive ketones (excluding diaryl/α,β-unsaturated/α-hetero) is 1. The highest BCUT2D eigenvalue weighted by molar-refractivity contribution is 9.10. The molecule has 0 aliphatic rings. The molecule has 0 amide bonds. The van der Waals surface area contributed by atoms with Crippen molar-refractivity contribution in [3.05, 3.63) is 29.3 Å². The van der Waals surface area contributed by atoms with E-state index in [0.29, 0.717) is 5.56 Å². The van der Waals surface area contributed by atoms with Crippen LogP contribution in [0.15, 0.2) is 18.2 Å². The van der Waals surface area contributed by atoms with Gasteiger partial charge in [0.25, 0.3) is 0 Å². The number of benzene rings is 1. The van der Waals surface area contributed by atoms with E-state index in [1.807, 2.05) is 13.0 Å². The molecule has 1 aromatic rings. The lowest BCUT2D eigenvalue weighted by Crippen LogP contribution is -2.12. The van der Waals surface area contributed by atoms with Crippen LogP contribution < -0.4 is 0 Å². The molecule has 76 valence electrons. The highest BCUT2D eigenvalue weighted by atomic mass is 79.9. The van der Waals surface area contributed by atoms with E-state index < -0.39 is 0 Å². The van der Waals surface area contributed by atoms with Crippen molar-refractivity contribution in [1.82, 2.24) is 0 Å². The van der Waals surface area contributed by atoms with Crippen LogP contribution in [0.2, 0.25) is 0 Å². The number of carbonyl (C=O) groups excluding carboxylic acids is 1. The monoisotopic (exact) mass is 256 g/mol. The average Bonchev–Trinajstić information content (AvgIpc) is 2.16. The number of ketones is 1. The van der Waals surface area contributed by atoms with E-state index in [4.69, 9.17) is 0 Å². The maximum absolute atomic E-state index is 11.7. The van der Waals surface area contributed by atoms with E-state index in [-0.39, 0.29) is 16.4 Å². The summed E-state index contributed by atoms with van der Waals surface area (Å²) in [6.07, 6.45) is 0.745. The summed E-state index contributed by atoms with van der Waals surface area (Å²) in [7, 11) is 0. The Bertz CT molecular complexity index is 345. The van der Waals surface area contributed by atoms with E-state index in [2.05, 4.69) is 15.9 Å². The summed E-state index contributed by atoms with van der Waals surface area (Å²) >= 11 is 3.21. The number of alkyl halides is 1. The average molecular weight is 257 g/mol. The Morgan fingerprint density at radius 1 is 1.57 bits per heavy atom. The van der Waals surface area contributed by atoms with Gasteiger partial charge in [0, 0.05) is 0 Å². The molecule has 1 aromatic carbocycles. The number of aromatic hydroxyl groups is 1. The number of hydrogen-bond acceptors (Lipinski definition) is 2. The van der Waals surface area contributed by atoms with Crippen LogP contribution in [0.5, 0.6) is 5.75 Å². The van der Waals surface area contributed by atoms with E-state index in [0.717, 1.165) is 12.0 Å². The molecule has 1 N–H and O–H groups in total. The Balaban J connectivity index is 3.23. The van der Waals surface area contributed by atoms with E-state index in [9.17, 15) is 9.90 Å². The molecular formula is C11H13BrO2. The topological polar surface area (TPSA) is 37.3 Å². The fourth-order valence-electron chi connectivity index (χ4n) is 1.36. The molecule has 1 atom stereocenters. The van der Waals surface area contributed by atoms with Crippen molar-refractivity contribution in [3.63, 3.8) is 0 Å². The third kappa shape index (κ3) is 2.15. The highest BCUT2D eigenvalue weighted by Gasteiger charge is 2.18. The number of aryl methyl sites for hydroxylation is 1. The minimum Gasteiger partial charge on any atom is -0.507 e. The summed E-state index contributed by atoms with van der Waals surface area (Å²) in [5, 5.41) is 9.60. The van der Waals surface area contributed by atoms with Gasteiger partial charge in [-0.25, -0.2) is 0 Å². The third-order valence-corrected chi connectivity index (χ3v) is 2.53. The first-order valence-corrected chi connectivity index (χ1v) is 5.48.